The molecule has 3 nitrogen and oxygen atoms in total. The Labute approximate surface area is 107 Å². The molecular weight excluding hydrogens is 222 g/mol. The minimum Gasteiger partial charge on any atom is -0.398 e. The number of nitrogen functional groups attached to an aromatic ring is 1. The van der Waals surface area contributed by atoms with Crippen LogP contribution in [0, 0.1) is 6.92 Å². The van der Waals surface area contributed by atoms with Gasteiger partial charge in [0, 0.05) is 28.7 Å². The zero-order chi connectivity index (χ0) is 12.5. The number of fused-ring (bicyclic) bond motifs is 1. The maximum absolute atomic E-state index is 6.08. The minimum atomic E-state index is 0.574. The fourth-order valence-electron chi connectivity index (χ4n) is 2.88. The lowest BCUT2D eigenvalue weighted by atomic mass is 10.1. The Kier molecular flexibility index (Phi) is 2.82. The van der Waals surface area contributed by atoms with E-state index in [0.29, 0.717) is 6.04 Å². The number of anilines is 2. The summed E-state index contributed by atoms with van der Waals surface area (Å²) in [5.74, 6) is 0.981. The summed E-state index contributed by atoms with van der Waals surface area (Å²) in [5, 5.41) is 5.84. The number of nitrogens with one attached hydrogen (secondary N) is 1. The largest absolute Gasteiger partial charge is 0.398 e. The number of nitrogens with zero attached hydrogens (tertiary/aromatic N) is 1. The molecule has 1 heterocycles. The van der Waals surface area contributed by atoms with Gasteiger partial charge in [-0.2, -0.15) is 0 Å². The van der Waals surface area contributed by atoms with Crippen molar-refractivity contribution in [1.29, 1.82) is 0 Å². The van der Waals surface area contributed by atoms with Gasteiger partial charge in [-0.1, -0.05) is 25.0 Å². The highest BCUT2D eigenvalue weighted by atomic mass is 15.0. The van der Waals surface area contributed by atoms with Crippen molar-refractivity contribution in [3.05, 3.63) is 30.0 Å². The van der Waals surface area contributed by atoms with Crippen molar-refractivity contribution in [3.63, 3.8) is 0 Å². The SMILES string of the molecule is Cc1cnc(NC2CCCC2)c2cccc(N)c12. The van der Waals surface area contributed by atoms with Gasteiger partial charge in [-0.25, -0.2) is 4.98 Å². The summed E-state index contributed by atoms with van der Waals surface area (Å²) in [6, 6.07) is 6.63. The zero-order valence-corrected chi connectivity index (χ0v) is 10.7. The third-order valence-corrected chi connectivity index (χ3v) is 3.83. The molecule has 1 aromatic heterocycles. The highest BCUT2D eigenvalue weighted by Gasteiger charge is 2.16. The third kappa shape index (κ3) is 1.90. The summed E-state index contributed by atoms with van der Waals surface area (Å²) < 4.78 is 0. The molecule has 1 fully saturated rings. The summed E-state index contributed by atoms with van der Waals surface area (Å²) in [6.45, 7) is 2.06. The first-order valence-electron chi connectivity index (χ1n) is 6.66. The Morgan fingerprint density at radius 1 is 1.28 bits per heavy atom. The molecule has 3 heteroatoms. The van der Waals surface area contributed by atoms with Crippen molar-refractivity contribution in [2.24, 2.45) is 0 Å². The van der Waals surface area contributed by atoms with E-state index in [-0.39, 0.29) is 0 Å². The van der Waals surface area contributed by atoms with Crippen molar-refractivity contribution in [3.8, 4) is 0 Å². The molecule has 0 spiro atoms. The predicted molar refractivity (Wildman–Crippen MR) is 76.8 cm³/mol. The topological polar surface area (TPSA) is 50.9 Å². The van der Waals surface area contributed by atoms with Crippen LogP contribution in [0.25, 0.3) is 10.8 Å². The van der Waals surface area contributed by atoms with E-state index in [9.17, 15) is 0 Å². The van der Waals surface area contributed by atoms with Crippen LogP contribution in [0.15, 0.2) is 24.4 Å². The second-order valence-electron chi connectivity index (χ2n) is 5.19. The molecule has 18 heavy (non-hydrogen) atoms. The number of hydrogen-bond donors (Lipinski definition) is 2. The fraction of sp³-hybridized carbons (Fsp3) is 0.400. The molecule has 3 rings (SSSR count). The maximum Gasteiger partial charge on any atom is 0.134 e. The lowest BCUT2D eigenvalue weighted by Crippen LogP contribution is -2.15. The van der Waals surface area contributed by atoms with Crippen molar-refractivity contribution in [2.75, 3.05) is 11.1 Å². The highest BCUT2D eigenvalue weighted by molar-refractivity contribution is 6.01. The van der Waals surface area contributed by atoms with E-state index in [0.717, 1.165) is 27.8 Å². The van der Waals surface area contributed by atoms with Crippen LogP contribution in [0.2, 0.25) is 0 Å². The molecule has 1 aliphatic rings. The van der Waals surface area contributed by atoms with Crippen LogP contribution in [0.1, 0.15) is 31.2 Å². The lowest BCUT2D eigenvalue weighted by Gasteiger charge is -2.16. The number of rotatable bonds is 2. The fourth-order valence-corrected chi connectivity index (χ4v) is 2.88. The molecule has 3 N–H and O–H groups in total. The van der Waals surface area contributed by atoms with Gasteiger partial charge in [-0.15, -0.1) is 0 Å². The predicted octanol–water partition coefficient (Wildman–Crippen LogP) is 3.48. The molecule has 1 aromatic carbocycles. The van der Waals surface area contributed by atoms with E-state index in [1.165, 1.54) is 25.7 Å². The van der Waals surface area contributed by atoms with Gasteiger partial charge in [0.2, 0.25) is 0 Å². The average molecular weight is 241 g/mol. The molecule has 0 amide bonds. The normalized spacial score (nSPS) is 16.3. The van der Waals surface area contributed by atoms with Crippen molar-refractivity contribution in [2.45, 2.75) is 38.6 Å². The van der Waals surface area contributed by atoms with Crippen LogP contribution in [0.3, 0.4) is 0 Å². The van der Waals surface area contributed by atoms with Gasteiger partial charge in [0.05, 0.1) is 0 Å². The first-order chi connectivity index (χ1) is 8.75. The Balaban J connectivity index is 2.06. The average Bonchev–Trinajstić information content (AvgIpc) is 2.86. The maximum atomic E-state index is 6.08. The van der Waals surface area contributed by atoms with Crippen LogP contribution in [-0.4, -0.2) is 11.0 Å². The number of pyridine rings is 1. The summed E-state index contributed by atoms with van der Waals surface area (Å²) in [4.78, 5) is 4.54. The number of benzene rings is 1. The second-order valence-corrected chi connectivity index (χ2v) is 5.19. The molecule has 94 valence electrons. The first kappa shape index (κ1) is 11.3. The number of nitrogens with two attached hydrogens (primary N) is 1. The van der Waals surface area contributed by atoms with Crippen LogP contribution >= 0.6 is 0 Å². The van der Waals surface area contributed by atoms with E-state index in [4.69, 9.17) is 5.73 Å². The van der Waals surface area contributed by atoms with E-state index in [1.807, 2.05) is 18.3 Å². The summed E-state index contributed by atoms with van der Waals surface area (Å²) >= 11 is 0. The molecule has 0 bridgehead atoms. The minimum absolute atomic E-state index is 0.574. The molecule has 0 radical (unpaired) electrons. The standard InChI is InChI=1S/C15H19N3/c1-10-9-17-15(18-11-5-2-3-6-11)12-7-4-8-13(16)14(10)12/h4,7-9,11H,2-3,5-6,16H2,1H3,(H,17,18). The van der Waals surface area contributed by atoms with Crippen molar-refractivity contribution in [1.82, 2.24) is 4.98 Å². The van der Waals surface area contributed by atoms with Crippen molar-refractivity contribution >= 4 is 22.3 Å². The summed E-state index contributed by atoms with van der Waals surface area (Å²) in [7, 11) is 0. The second kappa shape index (κ2) is 4.48. The molecule has 0 aliphatic heterocycles. The third-order valence-electron chi connectivity index (χ3n) is 3.83. The van der Waals surface area contributed by atoms with Gasteiger partial charge in [0.1, 0.15) is 5.82 Å². The van der Waals surface area contributed by atoms with E-state index >= 15 is 0 Å². The number of hydrogen-bond acceptors (Lipinski definition) is 3. The van der Waals surface area contributed by atoms with Gasteiger partial charge < -0.3 is 11.1 Å². The smallest absolute Gasteiger partial charge is 0.134 e. The Morgan fingerprint density at radius 3 is 2.83 bits per heavy atom. The lowest BCUT2D eigenvalue weighted by molar-refractivity contribution is 0.752. The van der Waals surface area contributed by atoms with Gasteiger partial charge in [0.15, 0.2) is 0 Å². The molecule has 1 aliphatic carbocycles. The highest BCUT2D eigenvalue weighted by Crippen LogP contribution is 2.30. The van der Waals surface area contributed by atoms with E-state index < -0.39 is 0 Å². The zero-order valence-electron chi connectivity index (χ0n) is 10.7. The molecule has 2 aromatic rings. The Hall–Kier alpha value is -1.77. The summed E-state index contributed by atoms with van der Waals surface area (Å²) in [5.41, 5.74) is 8.05. The van der Waals surface area contributed by atoms with Crippen LogP contribution in [-0.2, 0) is 0 Å². The van der Waals surface area contributed by atoms with Gasteiger partial charge in [0.25, 0.3) is 0 Å². The molecule has 0 atom stereocenters. The van der Waals surface area contributed by atoms with E-state index in [2.05, 4.69) is 23.3 Å². The molecule has 0 saturated heterocycles. The van der Waals surface area contributed by atoms with Crippen molar-refractivity contribution < 1.29 is 0 Å². The van der Waals surface area contributed by atoms with Crippen LogP contribution < -0.4 is 11.1 Å². The van der Waals surface area contributed by atoms with Crippen LogP contribution in [0.4, 0.5) is 11.5 Å². The van der Waals surface area contributed by atoms with Gasteiger partial charge in [-0.3, -0.25) is 0 Å². The molecule has 1 saturated carbocycles. The quantitative estimate of drug-likeness (QED) is 0.791. The Bertz CT molecular complexity index is 563. The number of aryl methyl sites for hydroxylation is 1. The molecular formula is C15H19N3. The first-order valence-corrected chi connectivity index (χ1v) is 6.66. The van der Waals surface area contributed by atoms with Gasteiger partial charge in [-0.05, 0) is 31.4 Å². The Morgan fingerprint density at radius 2 is 2.06 bits per heavy atom. The van der Waals surface area contributed by atoms with Crippen LogP contribution in [0.5, 0.6) is 0 Å². The number of aromatic nitrogens is 1. The monoisotopic (exact) mass is 241 g/mol. The van der Waals surface area contributed by atoms with Gasteiger partial charge >= 0.3 is 0 Å². The van der Waals surface area contributed by atoms with E-state index in [1.54, 1.807) is 0 Å². The summed E-state index contributed by atoms with van der Waals surface area (Å²) in [6.07, 6.45) is 7.06. The molecule has 0 unspecified atom stereocenters.